The number of fused-ring (bicyclic) bond motifs is 1. The van der Waals surface area contributed by atoms with Crippen molar-refractivity contribution in [2.45, 2.75) is 6.04 Å². The zero-order valence-electron chi connectivity index (χ0n) is 7.27. The van der Waals surface area contributed by atoms with Crippen LogP contribution in [0.2, 0.25) is 0 Å². The molecule has 0 amide bonds. The Morgan fingerprint density at radius 1 is 1.57 bits per heavy atom. The van der Waals surface area contributed by atoms with Crippen LogP contribution in [0.15, 0.2) is 22.7 Å². The molecule has 74 valence electrons. The van der Waals surface area contributed by atoms with Crippen molar-refractivity contribution in [1.82, 2.24) is 4.37 Å². The van der Waals surface area contributed by atoms with Crippen LogP contribution in [-0.4, -0.2) is 16.1 Å². The molecule has 2 rings (SSSR count). The van der Waals surface area contributed by atoms with E-state index in [-0.39, 0.29) is 12.6 Å². The van der Waals surface area contributed by atoms with Crippen LogP contribution in [0.5, 0.6) is 0 Å². The highest BCUT2D eigenvalue weighted by molar-refractivity contribution is 9.10. The van der Waals surface area contributed by atoms with Gasteiger partial charge in [-0.15, -0.1) is 0 Å². The first-order valence-electron chi connectivity index (χ1n) is 4.13. The van der Waals surface area contributed by atoms with Crippen LogP contribution >= 0.6 is 27.5 Å². The minimum absolute atomic E-state index is 0.0518. The van der Waals surface area contributed by atoms with Gasteiger partial charge < -0.3 is 10.8 Å². The number of aromatic nitrogens is 1. The van der Waals surface area contributed by atoms with E-state index in [1.165, 1.54) is 11.5 Å². The van der Waals surface area contributed by atoms with Gasteiger partial charge >= 0.3 is 0 Å². The maximum atomic E-state index is 8.98. The molecule has 3 N–H and O–H groups in total. The molecule has 0 bridgehead atoms. The van der Waals surface area contributed by atoms with Crippen molar-refractivity contribution in [3.05, 3.63) is 27.5 Å². The fourth-order valence-corrected chi connectivity index (χ4v) is 2.47. The van der Waals surface area contributed by atoms with E-state index in [2.05, 4.69) is 20.3 Å². The first-order chi connectivity index (χ1) is 6.72. The minimum atomic E-state index is -0.334. The molecule has 5 heteroatoms. The van der Waals surface area contributed by atoms with Crippen molar-refractivity contribution < 1.29 is 5.11 Å². The highest BCUT2D eigenvalue weighted by atomic mass is 79.9. The number of hydrogen-bond acceptors (Lipinski definition) is 4. The van der Waals surface area contributed by atoms with Crippen LogP contribution in [0, 0.1) is 0 Å². The normalized spacial score (nSPS) is 13.4. The Balaban J connectivity index is 2.61. The van der Waals surface area contributed by atoms with Crippen molar-refractivity contribution in [2.75, 3.05) is 6.61 Å². The lowest BCUT2D eigenvalue weighted by Gasteiger charge is -2.04. The maximum Gasteiger partial charge on any atom is 0.0845 e. The monoisotopic (exact) mass is 272 g/mol. The summed E-state index contributed by atoms with van der Waals surface area (Å²) >= 11 is 4.74. The number of nitrogens with zero attached hydrogens (tertiary/aromatic N) is 1. The van der Waals surface area contributed by atoms with Gasteiger partial charge in [0, 0.05) is 9.86 Å². The zero-order chi connectivity index (χ0) is 10.1. The highest BCUT2D eigenvalue weighted by Gasteiger charge is 2.12. The second kappa shape index (κ2) is 3.94. The summed E-state index contributed by atoms with van der Waals surface area (Å²) in [4.78, 5) is 0.934. The molecule has 14 heavy (non-hydrogen) atoms. The summed E-state index contributed by atoms with van der Waals surface area (Å²) in [5, 5.41) is 10.00. The molecule has 1 aromatic carbocycles. The lowest BCUT2D eigenvalue weighted by atomic mass is 10.1. The van der Waals surface area contributed by atoms with Gasteiger partial charge in [0.2, 0.25) is 0 Å². The Morgan fingerprint density at radius 2 is 2.36 bits per heavy atom. The first-order valence-corrected chi connectivity index (χ1v) is 5.70. The molecule has 0 aliphatic heterocycles. The quantitative estimate of drug-likeness (QED) is 0.880. The van der Waals surface area contributed by atoms with Crippen molar-refractivity contribution in [3.8, 4) is 0 Å². The number of rotatable bonds is 2. The minimum Gasteiger partial charge on any atom is -0.394 e. The topological polar surface area (TPSA) is 59.1 Å². The molecule has 0 aliphatic carbocycles. The van der Waals surface area contributed by atoms with Gasteiger partial charge in [0.1, 0.15) is 0 Å². The van der Waals surface area contributed by atoms with Gasteiger partial charge in [-0.05, 0) is 29.7 Å². The molecule has 1 unspecified atom stereocenters. The van der Waals surface area contributed by atoms with Crippen molar-refractivity contribution in [3.63, 3.8) is 0 Å². The number of hydrogen-bond donors (Lipinski definition) is 2. The van der Waals surface area contributed by atoms with Crippen molar-refractivity contribution >= 4 is 38.4 Å². The van der Waals surface area contributed by atoms with E-state index in [0.29, 0.717) is 0 Å². The van der Waals surface area contributed by atoms with Gasteiger partial charge in [0.15, 0.2) is 0 Å². The van der Waals surface area contributed by atoms with Gasteiger partial charge in [-0.3, -0.25) is 0 Å². The number of nitrogens with two attached hydrogens (primary N) is 1. The second-order valence-corrected chi connectivity index (χ2v) is 4.72. The number of aliphatic hydroxyl groups excluding tert-OH is 1. The molecule has 3 nitrogen and oxygen atoms in total. The van der Waals surface area contributed by atoms with E-state index in [1.807, 2.05) is 18.2 Å². The highest BCUT2D eigenvalue weighted by Crippen LogP contribution is 2.29. The predicted molar refractivity (Wildman–Crippen MR) is 61.3 cm³/mol. The number of halogens is 1. The van der Waals surface area contributed by atoms with Crippen LogP contribution in [0.1, 0.15) is 10.9 Å². The molecule has 0 radical (unpaired) electrons. The average Bonchev–Trinajstić information content (AvgIpc) is 2.59. The van der Waals surface area contributed by atoms with Crippen molar-refractivity contribution in [1.29, 1.82) is 0 Å². The maximum absolute atomic E-state index is 8.98. The van der Waals surface area contributed by atoms with E-state index < -0.39 is 0 Å². The van der Waals surface area contributed by atoms with Gasteiger partial charge in [0.25, 0.3) is 0 Å². The first kappa shape index (κ1) is 10.0. The van der Waals surface area contributed by atoms with Gasteiger partial charge in [-0.1, -0.05) is 15.9 Å². The van der Waals surface area contributed by atoms with Gasteiger partial charge in [0.05, 0.1) is 23.0 Å². The van der Waals surface area contributed by atoms with Crippen LogP contribution in [0.3, 0.4) is 0 Å². The third-order valence-electron chi connectivity index (χ3n) is 2.00. The second-order valence-electron chi connectivity index (χ2n) is 3.00. The fourth-order valence-electron chi connectivity index (χ4n) is 1.28. The fraction of sp³-hybridized carbons (Fsp3) is 0.222. The Morgan fingerprint density at radius 3 is 3.07 bits per heavy atom. The van der Waals surface area contributed by atoms with E-state index in [4.69, 9.17) is 10.8 Å². The Kier molecular flexibility index (Phi) is 2.83. The lowest BCUT2D eigenvalue weighted by Crippen LogP contribution is -2.12. The largest absolute Gasteiger partial charge is 0.394 e. The standard InChI is InChI=1S/C9H9BrN2OS/c10-5-1-2-8-6(3-5)9(14-12-8)7(11)4-13/h1-3,7,13H,4,11H2. The van der Waals surface area contributed by atoms with E-state index >= 15 is 0 Å². The summed E-state index contributed by atoms with van der Waals surface area (Å²) in [6, 6.07) is 5.52. The SMILES string of the molecule is NC(CO)c1snc2ccc(Br)cc12. The Bertz CT molecular complexity index is 457. The molecule has 2 aromatic rings. The van der Waals surface area contributed by atoms with E-state index in [1.54, 1.807) is 0 Å². The molecule has 0 fully saturated rings. The molecule has 1 atom stereocenters. The molecular weight excluding hydrogens is 264 g/mol. The van der Waals surface area contributed by atoms with Crippen LogP contribution in [0.4, 0.5) is 0 Å². The van der Waals surface area contributed by atoms with Crippen LogP contribution in [0.25, 0.3) is 10.9 Å². The number of aliphatic hydroxyl groups is 1. The van der Waals surface area contributed by atoms with E-state index in [0.717, 1.165) is 20.3 Å². The predicted octanol–water partition coefficient (Wildman–Crippen LogP) is 2.05. The molecule has 0 saturated heterocycles. The third kappa shape index (κ3) is 1.68. The lowest BCUT2D eigenvalue weighted by molar-refractivity contribution is 0.270. The summed E-state index contributed by atoms with van der Waals surface area (Å²) in [6.45, 7) is -0.0518. The molecule has 0 spiro atoms. The van der Waals surface area contributed by atoms with Crippen molar-refractivity contribution in [2.24, 2.45) is 5.73 Å². The zero-order valence-corrected chi connectivity index (χ0v) is 9.68. The summed E-state index contributed by atoms with van der Waals surface area (Å²) in [7, 11) is 0. The van der Waals surface area contributed by atoms with Gasteiger partial charge in [-0.25, -0.2) is 0 Å². The van der Waals surface area contributed by atoms with Gasteiger partial charge in [-0.2, -0.15) is 4.37 Å². The Labute approximate surface area is 93.8 Å². The summed E-state index contributed by atoms with van der Waals surface area (Å²) in [5.74, 6) is 0. The molecule has 0 aliphatic rings. The van der Waals surface area contributed by atoms with E-state index in [9.17, 15) is 0 Å². The molecular formula is C9H9BrN2OS. The van der Waals surface area contributed by atoms with Crippen LogP contribution in [-0.2, 0) is 0 Å². The summed E-state index contributed by atoms with van der Waals surface area (Å²) < 4.78 is 5.26. The smallest absolute Gasteiger partial charge is 0.0845 e. The summed E-state index contributed by atoms with van der Waals surface area (Å²) in [5.41, 5.74) is 6.69. The Hall–Kier alpha value is -0.490. The number of benzene rings is 1. The third-order valence-corrected chi connectivity index (χ3v) is 3.50. The summed E-state index contributed by atoms with van der Waals surface area (Å²) in [6.07, 6.45) is 0. The molecule has 1 heterocycles. The van der Waals surface area contributed by atoms with Crippen LogP contribution < -0.4 is 5.73 Å². The molecule has 1 aromatic heterocycles. The average molecular weight is 273 g/mol. The molecule has 0 saturated carbocycles.